The topological polar surface area (TPSA) is 108 Å². The number of amides is 3. The molecule has 0 aliphatic carbocycles. The highest BCUT2D eigenvalue weighted by Crippen LogP contribution is 2.40. The molecule has 0 saturated heterocycles. The number of fused-ring (bicyclic) bond motifs is 1. The van der Waals surface area contributed by atoms with E-state index in [1.807, 2.05) is 6.07 Å². The Hall–Kier alpha value is -4.20. The summed E-state index contributed by atoms with van der Waals surface area (Å²) in [5.41, 5.74) is 0.547. The minimum Gasteiger partial charge on any atom is -0.493 e. The second-order valence-electron chi connectivity index (χ2n) is 6.60. The van der Waals surface area contributed by atoms with Gasteiger partial charge in [0.15, 0.2) is 23.1 Å². The number of aromatic nitrogens is 1. The van der Waals surface area contributed by atoms with Crippen molar-refractivity contribution in [3.05, 3.63) is 53.9 Å². The molecule has 0 radical (unpaired) electrons. The molecule has 11 heteroatoms. The summed E-state index contributed by atoms with van der Waals surface area (Å²) in [5.74, 6) is -3.20. The molecule has 1 N–H and O–H groups in total. The average Bonchev–Trinajstić information content (AvgIpc) is 2.80. The molecule has 0 fully saturated rings. The van der Waals surface area contributed by atoms with Gasteiger partial charge in [-0.15, -0.1) is 0 Å². The Morgan fingerprint density at radius 3 is 2.53 bits per heavy atom. The predicted molar refractivity (Wildman–Crippen MR) is 110 cm³/mol. The molecule has 2 aromatic rings. The number of nitrogens with zero attached hydrogens (tertiary/aromatic N) is 4. The van der Waals surface area contributed by atoms with E-state index in [-0.39, 0.29) is 31.1 Å². The number of pyridine rings is 1. The Bertz CT molecular complexity index is 1100. The molecular weight excluding hydrogens is 424 g/mol. The standard InChI is InChI=1S/C21H19F2N5O4/c1-4-17(29)26-10-13-7-14-12(9-25-13)11-28(21(30)27(14)6-5-24)20-18(22)15(31-2)8-16(32-3)19(20)23/h4,7-9H,1,6,10-11H2,2-3H3,(H,26,29). The highest BCUT2D eigenvalue weighted by Gasteiger charge is 2.36. The number of urea groups is 1. The van der Waals surface area contributed by atoms with Crippen molar-refractivity contribution in [3.8, 4) is 17.6 Å². The number of hydrogen-bond acceptors (Lipinski definition) is 6. The molecule has 0 spiro atoms. The normalized spacial score (nSPS) is 12.7. The molecule has 0 unspecified atom stereocenters. The lowest BCUT2D eigenvalue weighted by Crippen LogP contribution is -2.48. The number of carbonyl (C=O) groups is 2. The number of hydrogen-bond donors (Lipinski definition) is 1. The maximum atomic E-state index is 15.0. The monoisotopic (exact) mass is 443 g/mol. The van der Waals surface area contributed by atoms with Gasteiger partial charge >= 0.3 is 6.03 Å². The fourth-order valence-electron chi connectivity index (χ4n) is 3.23. The van der Waals surface area contributed by atoms with Gasteiger partial charge in [-0.3, -0.25) is 19.6 Å². The van der Waals surface area contributed by atoms with Gasteiger partial charge in [0.05, 0.1) is 44.8 Å². The maximum absolute atomic E-state index is 15.0. The Kier molecular flexibility index (Phi) is 6.53. The quantitative estimate of drug-likeness (QED) is 0.521. The number of carbonyl (C=O) groups excluding carboxylic acids is 2. The van der Waals surface area contributed by atoms with Crippen LogP contribution in [0.2, 0.25) is 0 Å². The summed E-state index contributed by atoms with van der Waals surface area (Å²) in [6, 6.07) is 3.62. The number of halogens is 2. The van der Waals surface area contributed by atoms with Crippen LogP contribution in [0, 0.1) is 23.0 Å². The van der Waals surface area contributed by atoms with E-state index in [0.29, 0.717) is 16.9 Å². The van der Waals surface area contributed by atoms with Gasteiger partial charge in [0.25, 0.3) is 0 Å². The van der Waals surface area contributed by atoms with E-state index in [1.54, 1.807) is 0 Å². The van der Waals surface area contributed by atoms with Gasteiger partial charge in [-0.2, -0.15) is 5.26 Å². The van der Waals surface area contributed by atoms with Crippen molar-refractivity contribution in [2.75, 3.05) is 30.6 Å². The first-order valence-corrected chi connectivity index (χ1v) is 9.30. The molecule has 1 aliphatic rings. The lowest BCUT2D eigenvalue weighted by Gasteiger charge is -2.36. The van der Waals surface area contributed by atoms with E-state index in [4.69, 9.17) is 9.47 Å². The highest BCUT2D eigenvalue weighted by atomic mass is 19.1. The number of rotatable bonds is 7. The highest BCUT2D eigenvalue weighted by molar-refractivity contribution is 6.06. The molecule has 1 aliphatic heterocycles. The zero-order chi connectivity index (χ0) is 23.4. The van der Waals surface area contributed by atoms with E-state index < -0.39 is 29.3 Å². The lowest BCUT2D eigenvalue weighted by molar-refractivity contribution is -0.116. The molecule has 0 saturated carbocycles. The van der Waals surface area contributed by atoms with Crippen molar-refractivity contribution in [1.82, 2.24) is 10.3 Å². The van der Waals surface area contributed by atoms with Crippen molar-refractivity contribution in [3.63, 3.8) is 0 Å². The number of nitriles is 1. The summed E-state index contributed by atoms with van der Waals surface area (Å²) in [7, 11) is 2.40. The van der Waals surface area contributed by atoms with Gasteiger partial charge in [0, 0.05) is 17.8 Å². The number of benzene rings is 1. The van der Waals surface area contributed by atoms with Crippen LogP contribution in [0.5, 0.6) is 11.5 Å². The molecular formula is C21H19F2N5O4. The summed E-state index contributed by atoms with van der Waals surface area (Å²) < 4.78 is 39.9. The van der Waals surface area contributed by atoms with Crippen molar-refractivity contribution < 1.29 is 27.8 Å². The second kappa shape index (κ2) is 9.30. The largest absolute Gasteiger partial charge is 0.493 e. The molecule has 166 valence electrons. The summed E-state index contributed by atoms with van der Waals surface area (Å²) in [6.45, 7) is 2.83. The molecule has 3 amide bonds. The summed E-state index contributed by atoms with van der Waals surface area (Å²) in [5, 5.41) is 11.8. The number of nitrogens with one attached hydrogen (secondary N) is 1. The van der Waals surface area contributed by atoms with Crippen LogP contribution in [0.4, 0.5) is 25.0 Å². The van der Waals surface area contributed by atoms with Crippen molar-refractivity contribution >= 4 is 23.3 Å². The Morgan fingerprint density at radius 2 is 1.97 bits per heavy atom. The molecule has 32 heavy (non-hydrogen) atoms. The third kappa shape index (κ3) is 4.02. The first-order chi connectivity index (χ1) is 15.4. The number of ether oxygens (including phenoxy) is 2. The fraction of sp³-hybridized carbons (Fsp3) is 0.238. The summed E-state index contributed by atoms with van der Waals surface area (Å²) >= 11 is 0. The predicted octanol–water partition coefficient (Wildman–Crippen LogP) is 2.65. The molecule has 1 aromatic heterocycles. The van der Waals surface area contributed by atoms with Crippen LogP contribution in [-0.4, -0.2) is 37.7 Å². The van der Waals surface area contributed by atoms with E-state index in [2.05, 4.69) is 16.9 Å². The smallest absolute Gasteiger partial charge is 0.330 e. The Morgan fingerprint density at radius 1 is 1.31 bits per heavy atom. The van der Waals surface area contributed by atoms with Crippen LogP contribution >= 0.6 is 0 Å². The molecule has 2 heterocycles. The molecule has 0 atom stereocenters. The average molecular weight is 443 g/mol. The maximum Gasteiger partial charge on any atom is 0.330 e. The number of methoxy groups -OCH3 is 2. The zero-order valence-electron chi connectivity index (χ0n) is 17.3. The SMILES string of the molecule is C=CC(=O)NCc1cc2c(cn1)CN(c1c(F)c(OC)cc(OC)c1F)C(=O)N2CC#N. The fourth-order valence-corrected chi connectivity index (χ4v) is 3.23. The van der Waals surface area contributed by atoms with E-state index in [1.165, 1.54) is 26.5 Å². The molecule has 1 aromatic carbocycles. The van der Waals surface area contributed by atoms with Crippen LogP contribution < -0.4 is 24.6 Å². The van der Waals surface area contributed by atoms with Crippen LogP contribution in [0.15, 0.2) is 31.0 Å². The minimum absolute atomic E-state index is 0.0623. The van der Waals surface area contributed by atoms with E-state index >= 15 is 8.78 Å². The van der Waals surface area contributed by atoms with Gasteiger partial charge in [-0.1, -0.05) is 6.58 Å². The Labute approximate surface area is 182 Å². The zero-order valence-corrected chi connectivity index (χ0v) is 17.3. The third-order valence-electron chi connectivity index (χ3n) is 4.78. The van der Waals surface area contributed by atoms with Gasteiger partial charge in [-0.25, -0.2) is 13.6 Å². The van der Waals surface area contributed by atoms with Crippen LogP contribution in [-0.2, 0) is 17.9 Å². The van der Waals surface area contributed by atoms with Crippen LogP contribution in [0.1, 0.15) is 11.3 Å². The van der Waals surface area contributed by atoms with Crippen molar-refractivity contribution in [2.45, 2.75) is 13.1 Å². The molecule has 3 rings (SSSR count). The van der Waals surface area contributed by atoms with Gasteiger partial charge < -0.3 is 14.8 Å². The van der Waals surface area contributed by atoms with Crippen LogP contribution in [0.3, 0.4) is 0 Å². The third-order valence-corrected chi connectivity index (χ3v) is 4.78. The lowest BCUT2D eigenvalue weighted by atomic mass is 10.1. The van der Waals surface area contributed by atoms with Crippen molar-refractivity contribution in [2.24, 2.45) is 0 Å². The Balaban J connectivity index is 2.08. The first-order valence-electron chi connectivity index (χ1n) is 9.30. The molecule has 9 nitrogen and oxygen atoms in total. The van der Waals surface area contributed by atoms with Gasteiger partial charge in [0.2, 0.25) is 5.91 Å². The van der Waals surface area contributed by atoms with Gasteiger partial charge in [-0.05, 0) is 12.1 Å². The summed E-state index contributed by atoms with van der Waals surface area (Å²) in [4.78, 5) is 30.7. The minimum atomic E-state index is -1.09. The summed E-state index contributed by atoms with van der Waals surface area (Å²) in [6.07, 6.45) is 2.52. The first kappa shape index (κ1) is 22.5. The van der Waals surface area contributed by atoms with E-state index in [9.17, 15) is 14.9 Å². The van der Waals surface area contributed by atoms with Crippen molar-refractivity contribution in [1.29, 1.82) is 5.26 Å². The van der Waals surface area contributed by atoms with Gasteiger partial charge in [0.1, 0.15) is 12.2 Å². The van der Waals surface area contributed by atoms with Crippen LogP contribution in [0.25, 0.3) is 0 Å². The van der Waals surface area contributed by atoms with E-state index in [0.717, 1.165) is 21.9 Å². The number of anilines is 2. The molecule has 0 bridgehead atoms. The second-order valence-corrected chi connectivity index (χ2v) is 6.60.